The van der Waals surface area contributed by atoms with Crippen molar-refractivity contribution in [2.75, 3.05) is 0 Å². The van der Waals surface area contributed by atoms with E-state index in [2.05, 4.69) is 0 Å². The summed E-state index contributed by atoms with van der Waals surface area (Å²) in [6.45, 7) is 1.99. The Bertz CT molecular complexity index is 611. The Morgan fingerprint density at radius 2 is 2.14 bits per heavy atom. The van der Waals surface area contributed by atoms with Crippen LogP contribution in [0.15, 0.2) is 18.2 Å². The van der Waals surface area contributed by atoms with Crippen LogP contribution in [0.1, 0.15) is 49.7 Å². The van der Waals surface area contributed by atoms with Gasteiger partial charge in [-0.05, 0) is 73.1 Å². The fourth-order valence-corrected chi connectivity index (χ4v) is 5.32. The Morgan fingerprint density at radius 1 is 1.33 bits per heavy atom. The molecule has 0 radical (unpaired) electrons. The van der Waals surface area contributed by atoms with Crippen molar-refractivity contribution in [1.29, 1.82) is 0 Å². The van der Waals surface area contributed by atoms with E-state index in [0.717, 1.165) is 25.7 Å². The minimum absolute atomic E-state index is 0.151. The van der Waals surface area contributed by atoms with Crippen LogP contribution in [-0.2, 0) is 11.2 Å². The fourth-order valence-electron chi connectivity index (χ4n) is 5.32. The van der Waals surface area contributed by atoms with Gasteiger partial charge in [-0.25, -0.2) is 4.39 Å². The lowest BCUT2D eigenvalue weighted by Crippen LogP contribution is -2.42. The second-order valence-electron chi connectivity index (χ2n) is 7.32. The summed E-state index contributed by atoms with van der Waals surface area (Å²) in [5.74, 6) is 1.23. The van der Waals surface area contributed by atoms with E-state index in [1.165, 1.54) is 11.1 Å². The number of aromatic hydroxyl groups is 1. The molecule has 2 nitrogen and oxygen atoms in total. The van der Waals surface area contributed by atoms with E-state index in [1.807, 2.05) is 19.1 Å². The first-order valence-electron chi connectivity index (χ1n) is 8.01. The van der Waals surface area contributed by atoms with Gasteiger partial charge in [0.15, 0.2) is 12.0 Å². The van der Waals surface area contributed by atoms with Crippen LogP contribution in [0.2, 0.25) is 0 Å². The highest BCUT2D eigenvalue weighted by Gasteiger charge is 2.58. The number of carbonyl (C=O) groups is 1. The van der Waals surface area contributed by atoms with Crippen molar-refractivity contribution >= 4 is 5.78 Å². The third kappa shape index (κ3) is 1.72. The van der Waals surface area contributed by atoms with Crippen molar-refractivity contribution in [3.63, 3.8) is 0 Å². The number of alkyl halides is 1. The van der Waals surface area contributed by atoms with Crippen LogP contribution in [-0.4, -0.2) is 17.1 Å². The molecular weight excluding hydrogens is 267 g/mol. The minimum Gasteiger partial charge on any atom is -0.508 e. The first-order chi connectivity index (χ1) is 10.0. The van der Waals surface area contributed by atoms with Crippen molar-refractivity contribution in [2.24, 2.45) is 17.3 Å². The Morgan fingerprint density at radius 3 is 2.95 bits per heavy atom. The standard InChI is InChI=1S/C18H21FO2/c1-18-7-6-13-12-5-3-11(20)8-10(12)2-4-14(13)15(18)9-16(19)17(18)21/h3,5,8,13-16,20H,2,4,6-7,9H2,1H3/t13-,14-,15+,16?,18+/m1/s1. The third-order valence-corrected chi connectivity index (χ3v) is 6.41. The van der Waals surface area contributed by atoms with E-state index in [1.54, 1.807) is 6.07 Å². The molecule has 2 saturated carbocycles. The smallest absolute Gasteiger partial charge is 0.173 e. The van der Waals surface area contributed by atoms with E-state index in [-0.39, 0.29) is 11.7 Å². The van der Waals surface area contributed by atoms with Crippen LogP contribution in [0.3, 0.4) is 0 Å². The summed E-state index contributed by atoms with van der Waals surface area (Å²) in [5, 5.41) is 9.65. The van der Waals surface area contributed by atoms with E-state index in [4.69, 9.17) is 0 Å². The average molecular weight is 288 g/mol. The van der Waals surface area contributed by atoms with Crippen LogP contribution in [0.25, 0.3) is 0 Å². The molecule has 0 spiro atoms. The lowest BCUT2D eigenvalue weighted by molar-refractivity contribution is -0.132. The highest BCUT2D eigenvalue weighted by Crippen LogP contribution is 2.60. The summed E-state index contributed by atoms with van der Waals surface area (Å²) in [6, 6.07) is 5.66. The highest BCUT2D eigenvalue weighted by molar-refractivity contribution is 5.91. The molecule has 112 valence electrons. The summed E-state index contributed by atoms with van der Waals surface area (Å²) in [5.41, 5.74) is 2.12. The lowest BCUT2D eigenvalue weighted by atomic mass is 9.55. The van der Waals surface area contributed by atoms with Crippen molar-refractivity contribution in [3.8, 4) is 5.75 Å². The predicted molar refractivity (Wildman–Crippen MR) is 78.0 cm³/mol. The largest absolute Gasteiger partial charge is 0.508 e. The Balaban J connectivity index is 1.73. The van der Waals surface area contributed by atoms with Crippen molar-refractivity contribution in [3.05, 3.63) is 29.3 Å². The maximum absolute atomic E-state index is 14.0. The van der Waals surface area contributed by atoms with Crippen LogP contribution in [0, 0.1) is 17.3 Å². The monoisotopic (exact) mass is 288 g/mol. The number of rotatable bonds is 0. The fraction of sp³-hybridized carbons (Fsp3) is 0.611. The number of Topliss-reactive ketones (excluding diaryl/α,β-unsaturated/α-hetero) is 1. The summed E-state index contributed by atoms with van der Waals surface area (Å²) >= 11 is 0. The molecule has 3 aliphatic carbocycles. The number of carbonyl (C=O) groups excluding carboxylic acids is 1. The zero-order chi connectivity index (χ0) is 14.8. The van der Waals surface area contributed by atoms with Gasteiger partial charge in [-0.3, -0.25) is 4.79 Å². The zero-order valence-electron chi connectivity index (χ0n) is 12.3. The molecule has 0 saturated heterocycles. The van der Waals surface area contributed by atoms with Gasteiger partial charge in [-0.2, -0.15) is 0 Å². The number of halogens is 1. The molecule has 21 heavy (non-hydrogen) atoms. The Labute approximate surface area is 124 Å². The van der Waals surface area contributed by atoms with Crippen LogP contribution >= 0.6 is 0 Å². The zero-order valence-corrected chi connectivity index (χ0v) is 12.3. The van der Waals surface area contributed by atoms with Crippen LogP contribution in [0.4, 0.5) is 4.39 Å². The van der Waals surface area contributed by atoms with Gasteiger partial charge in [0, 0.05) is 5.41 Å². The second kappa shape index (κ2) is 4.31. The molecule has 1 aromatic rings. The summed E-state index contributed by atoms with van der Waals surface area (Å²) in [4.78, 5) is 12.2. The maximum atomic E-state index is 14.0. The number of hydrogen-bond donors (Lipinski definition) is 1. The lowest BCUT2D eigenvalue weighted by Gasteiger charge is -2.48. The maximum Gasteiger partial charge on any atom is 0.173 e. The van der Waals surface area contributed by atoms with E-state index >= 15 is 0 Å². The molecule has 0 bridgehead atoms. The van der Waals surface area contributed by atoms with Crippen molar-refractivity contribution < 1.29 is 14.3 Å². The van der Waals surface area contributed by atoms with Crippen LogP contribution < -0.4 is 0 Å². The SMILES string of the molecule is C[C@]12CC[C@@H]3c4ccc(O)cc4CC[C@H]3[C@@H]1CC(F)C2=O. The normalized spacial score (nSPS) is 41.3. The third-order valence-electron chi connectivity index (χ3n) is 6.41. The number of phenols is 1. The first kappa shape index (κ1) is 13.3. The molecule has 1 N–H and O–H groups in total. The van der Waals surface area contributed by atoms with E-state index in [9.17, 15) is 14.3 Å². The number of fused-ring (bicyclic) bond motifs is 5. The quantitative estimate of drug-likeness (QED) is 0.789. The molecule has 3 heteroatoms. The van der Waals surface area contributed by atoms with Crippen LogP contribution in [0.5, 0.6) is 5.75 Å². The van der Waals surface area contributed by atoms with Gasteiger partial charge in [-0.1, -0.05) is 13.0 Å². The number of ketones is 1. The molecular formula is C18H21FO2. The van der Waals surface area contributed by atoms with E-state index in [0.29, 0.717) is 24.0 Å². The van der Waals surface area contributed by atoms with Gasteiger partial charge >= 0.3 is 0 Å². The topological polar surface area (TPSA) is 37.3 Å². The molecule has 4 rings (SSSR count). The van der Waals surface area contributed by atoms with Gasteiger partial charge in [-0.15, -0.1) is 0 Å². The number of hydrogen-bond acceptors (Lipinski definition) is 2. The summed E-state index contributed by atoms with van der Waals surface area (Å²) < 4.78 is 14.0. The molecule has 2 fully saturated rings. The molecule has 0 aliphatic heterocycles. The van der Waals surface area contributed by atoms with E-state index < -0.39 is 11.6 Å². The molecule has 0 aromatic heterocycles. The van der Waals surface area contributed by atoms with Gasteiger partial charge in [0.05, 0.1) is 0 Å². The number of aryl methyl sites for hydroxylation is 1. The Hall–Kier alpha value is -1.38. The molecule has 1 aromatic carbocycles. The average Bonchev–Trinajstić information content (AvgIpc) is 2.70. The molecule has 0 heterocycles. The number of benzene rings is 1. The predicted octanol–water partition coefficient (Wildman–Crippen LogP) is 3.77. The summed E-state index contributed by atoms with van der Waals surface area (Å²) in [6.07, 6.45) is 2.89. The van der Waals surface area contributed by atoms with Gasteiger partial charge in [0.1, 0.15) is 5.75 Å². The minimum atomic E-state index is -1.25. The van der Waals surface area contributed by atoms with Crippen molar-refractivity contribution in [2.45, 2.75) is 51.1 Å². The molecule has 5 atom stereocenters. The van der Waals surface area contributed by atoms with Gasteiger partial charge < -0.3 is 5.11 Å². The highest BCUT2D eigenvalue weighted by atomic mass is 19.1. The second-order valence-corrected chi connectivity index (χ2v) is 7.32. The molecule has 1 unspecified atom stereocenters. The first-order valence-corrected chi connectivity index (χ1v) is 8.01. The summed E-state index contributed by atoms with van der Waals surface area (Å²) in [7, 11) is 0. The van der Waals surface area contributed by atoms with Crippen molar-refractivity contribution in [1.82, 2.24) is 0 Å². The number of phenolic OH excluding ortho intramolecular Hbond substituents is 1. The van der Waals surface area contributed by atoms with Gasteiger partial charge in [0.25, 0.3) is 0 Å². The molecule has 3 aliphatic rings. The Kier molecular flexibility index (Phi) is 2.73. The van der Waals surface area contributed by atoms with Gasteiger partial charge in [0.2, 0.25) is 0 Å². The molecule has 0 amide bonds.